The van der Waals surface area contributed by atoms with Crippen LogP contribution in [0.3, 0.4) is 0 Å². The summed E-state index contributed by atoms with van der Waals surface area (Å²) in [6.45, 7) is 3.32. The molecule has 0 atom stereocenters. The van der Waals surface area contributed by atoms with Crippen LogP contribution in [0.15, 0.2) is 58.5 Å². The first-order valence-electron chi connectivity index (χ1n) is 10.9. The fourth-order valence-corrected chi connectivity index (χ4v) is 5.41. The van der Waals surface area contributed by atoms with Crippen LogP contribution in [-0.4, -0.2) is 44.9 Å². The summed E-state index contributed by atoms with van der Waals surface area (Å²) in [7, 11) is -4.12. The Bertz CT molecular complexity index is 1200. The summed E-state index contributed by atoms with van der Waals surface area (Å²) >= 11 is 0. The molecule has 0 spiro atoms. The Kier molecular flexibility index (Phi) is 6.51. The Hall–Kier alpha value is -3.20. The average molecular weight is 473 g/mol. The third-order valence-electron chi connectivity index (χ3n) is 5.72. The fourth-order valence-electron chi connectivity index (χ4n) is 3.89. The molecular formula is C24H25FN2O5S. The van der Waals surface area contributed by atoms with Gasteiger partial charge in [0.2, 0.25) is 9.84 Å². The van der Waals surface area contributed by atoms with E-state index >= 15 is 0 Å². The highest BCUT2D eigenvalue weighted by atomic mass is 32.2. The van der Waals surface area contributed by atoms with E-state index in [1.165, 1.54) is 22.1 Å². The average Bonchev–Trinajstić information content (AvgIpc) is 3.34. The molecule has 1 saturated heterocycles. The van der Waals surface area contributed by atoms with Crippen molar-refractivity contribution in [2.75, 3.05) is 24.6 Å². The summed E-state index contributed by atoms with van der Waals surface area (Å²) < 4.78 is 45.8. The van der Waals surface area contributed by atoms with Gasteiger partial charge in [-0.3, -0.25) is 4.79 Å². The number of hydrogen-bond acceptors (Lipinski definition) is 6. The van der Waals surface area contributed by atoms with Crippen LogP contribution in [0.5, 0.6) is 0 Å². The van der Waals surface area contributed by atoms with Crippen molar-refractivity contribution in [1.29, 1.82) is 0 Å². The van der Waals surface area contributed by atoms with E-state index < -0.39 is 27.5 Å². The highest BCUT2D eigenvalue weighted by Crippen LogP contribution is 2.40. The second-order valence-electron chi connectivity index (χ2n) is 8.01. The van der Waals surface area contributed by atoms with E-state index in [-0.39, 0.29) is 15.5 Å². The minimum atomic E-state index is -4.12. The molecule has 2 aliphatic heterocycles. The lowest BCUT2D eigenvalue weighted by Crippen LogP contribution is -2.35. The molecule has 2 aromatic rings. The molecule has 0 unspecified atom stereocenters. The van der Waals surface area contributed by atoms with Crippen molar-refractivity contribution in [1.82, 2.24) is 4.90 Å². The van der Waals surface area contributed by atoms with E-state index in [2.05, 4.69) is 0 Å². The number of halogens is 1. The molecule has 4 rings (SSSR count). The number of rotatable bonds is 6. The number of anilines is 2. The zero-order chi connectivity index (χ0) is 23.6. The van der Waals surface area contributed by atoms with Crippen molar-refractivity contribution in [2.45, 2.75) is 37.5 Å². The lowest BCUT2D eigenvalue weighted by Gasteiger charge is -2.30. The van der Waals surface area contributed by atoms with Gasteiger partial charge < -0.3 is 14.5 Å². The first kappa shape index (κ1) is 23.0. The molecule has 0 radical (unpaired) electrons. The first-order valence-corrected chi connectivity index (χ1v) is 12.4. The van der Waals surface area contributed by atoms with Gasteiger partial charge in [-0.2, -0.15) is 0 Å². The number of fused-ring (bicyclic) bond motifs is 1. The number of carbonyl (C=O) groups excluding carboxylic acids is 2. The number of ether oxygens (including phenoxy) is 1. The predicted octanol–water partition coefficient (Wildman–Crippen LogP) is 4.17. The van der Waals surface area contributed by atoms with Crippen LogP contribution in [0.25, 0.3) is 0 Å². The number of esters is 1. The first-order chi connectivity index (χ1) is 15.8. The van der Waals surface area contributed by atoms with Gasteiger partial charge in [-0.15, -0.1) is 0 Å². The Morgan fingerprint density at radius 1 is 1.06 bits per heavy atom. The van der Waals surface area contributed by atoms with E-state index in [4.69, 9.17) is 4.74 Å². The second kappa shape index (κ2) is 9.35. The predicted molar refractivity (Wildman–Crippen MR) is 121 cm³/mol. The summed E-state index contributed by atoms with van der Waals surface area (Å²) in [6.07, 6.45) is 4.56. The zero-order valence-electron chi connectivity index (χ0n) is 18.3. The molecule has 2 heterocycles. The number of unbranched alkanes of at least 4 members (excludes halogenated alkanes) is 1. The van der Waals surface area contributed by atoms with Gasteiger partial charge in [0.05, 0.1) is 22.8 Å². The SMILES string of the molecule is CCCCOC(=O)c1ccc(N2C=C(C(=O)N3CCCC3)S(=O)(=O)c3ccc(F)cc32)cc1. The zero-order valence-corrected chi connectivity index (χ0v) is 19.1. The van der Waals surface area contributed by atoms with E-state index in [1.54, 1.807) is 24.3 Å². The van der Waals surface area contributed by atoms with Crippen LogP contribution < -0.4 is 4.90 Å². The van der Waals surface area contributed by atoms with Gasteiger partial charge in [0.25, 0.3) is 5.91 Å². The fraction of sp³-hybridized carbons (Fsp3) is 0.333. The minimum absolute atomic E-state index is 0.103. The maximum absolute atomic E-state index is 14.1. The molecule has 2 aromatic carbocycles. The standard InChI is InChI=1S/C24H25FN2O5S/c1-2-3-14-32-24(29)17-6-9-19(10-7-17)27-16-22(23(28)26-12-4-5-13-26)33(30,31)21-11-8-18(25)15-20(21)27/h6-11,15-16H,2-5,12-14H2,1H3. The van der Waals surface area contributed by atoms with Crippen LogP contribution >= 0.6 is 0 Å². The summed E-state index contributed by atoms with van der Waals surface area (Å²) in [5, 5.41) is 0. The Labute approximate surface area is 192 Å². The number of sulfone groups is 1. The molecule has 0 aliphatic carbocycles. The van der Waals surface area contributed by atoms with Crippen LogP contribution in [0.4, 0.5) is 15.8 Å². The normalized spacial score (nSPS) is 16.8. The highest BCUT2D eigenvalue weighted by Gasteiger charge is 2.38. The van der Waals surface area contributed by atoms with Gasteiger partial charge in [-0.25, -0.2) is 17.6 Å². The third kappa shape index (κ3) is 4.50. The van der Waals surface area contributed by atoms with Gasteiger partial charge in [-0.1, -0.05) is 13.3 Å². The molecule has 0 bridgehead atoms. The number of nitrogens with zero attached hydrogens (tertiary/aromatic N) is 2. The molecule has 7 nitrogen and oxygen atoms in total. The third-order valence-corrected chi connectivity index (χ3v) is 7.51. The molecule has 1 fully saturated rings. The van der Waals surface area contributed by atoms with Gasteiger partial charge in [0, 0.05) is 25.0 Å². The quantitative estimate of drug-likeness (QED) is 0.356. The number of hydrogen-bond donors (Lipinski definition) is 0. The van der Waals surface area contributed by atoms with Gasteiger partial charge in [-0.05, 0) is 61.7 Å². The number of carbonyl (C=O) groups is 2. The second-order valence-corrected chi connectivity index (χ2v) is 9.90. The van der Waals surface area contributed by atoms with Gasteiger partial charge in [0.15, 0.2) is 4.91 Å². The van der Waals surface area contributed by atoms with Gasteiger partial charge in [0.1, 0.15) is 5.82 Å². The maximum atomic E-state index is 14.1. The number of likely N-dealkylation sites (tertiary alicyclic amines) is 1. The largest absolute Gasteiger partial charge is 0.462 e. The van der Waals surface area contributed by atoms with E-state index in [0.29, 0.717) is 30.9 Å². The summed E-state index contributed by atoms with van der Waals surface area (Å²) in [6, 6.07) is 9.69. The summed E-state index contributed by atoms with van der Waals surface area (Å²) in [5.74, 6) is -1.63. The molecule has 33 heavy (non-hydrogen) atoms. The smallest absolute Gasteiger partial charge is 0.338 e. The monoisotopic (exact) mass is 472 g/mol. The van der Waals surface area contributed by atoms with Gasteiger partial charge >= 0.3 is 5.97 Å². The molecule has 174 valence electrons. The van der Waals surface area contributed by atoms with Crippen molar-refractivity contribution in [3.63, 3.8) is 0 Å². The van der Waals surface area contributed by atoms with Crippen LogP contribution in [-0.2, 0) is 19.4 Å². The lowest BCUT2D eigenvalue weighted by atomic mass is 10.1. The van der Waals surface area contributed by atoms with Crippen molar-refractivity contribution in [3.8, 4) is 0 Å². The van der Waals surface area contributed by atoms with Crippen LogP contribution in [0.2, 0.25) is 0 Å². The summed E-state index contributed by atoms with van der Waals surface area (Å²) in [4.78, 5) is 27.7. The topological polar surface area (TPSA) is 84.0 Å². The van der Waals surface area contributed by atoms with Crippen molar-refractivity contribution in [3.05, 3.63) is 65.0 Å². The van der Waals surface area contributed by atoms with Crippen LogP contribution in [0.1, 0.15) is 43.0 Å². The maximum Gasteiger partial charge on any atom is 0.338 e. The number of benzene rings is 2. The Morgan fingerprint density at radius 2 is 1.76 bits per heavy atom. The van der Waals surface area contributed by atoms with E-state index in [0.717, 1.165) is 37.8 Å². The summed E-state index contributed by atoms with van der Waals surface area (Å²) in [5.41, 5.74) is 0.927. The number of amides is 1. The molecule has 1 amide bonds. The molecule has 0 aromatic heterocycles. The van der Waals surface area contributed by atoms with Crippen molar-refractivity contribution >= 4 is 33.1 Å². The Morgan fingerprint density at radius 3 is 2.42 bits per heavy atom. The van der Waals surface area contributed by atoms with Crippen molar-refractivity contribution < 1.29 is 27.1 Å². The molecule has 2 aliphatic rings. The Balaban J connectivity index is 1.72. The highest BCUT2D eigenvalue weighted by molar-refractivity contribution is 7.96. The molecule has 0 N–H and O–H groups in total. The molecule has 9 heteroatoms. The molecular weight excluding hydrogens is 447 g/mol. The minimum Gasteiger partial charge on any atom is -0.462 e. The molecule has 0 saturated carbocycles. The van der Waals surface area contributed by atoms with Crippen molar-refractivity contribution in [2.24, 2.45) is 0 Å². The van der Waals surface area contributed by atoms with E-state index in [9.17, 15) is 22.4 Å². The lowest BCUT2D eigenvalue weighted by molar-refractivity contribution is -0.125. The van der Waals surface area contributed by atoms with Crippen LogP contribution in [0, 0.1) is 5.82 Å². The van der Waals surface area contributed by atoms with E-state index in [1.807, 2.05) is 6.92 Å².